The Hall–Kier alpha value is -2.59. The molecule has 1 aliphatic carbocycles. The first kappa shape index (κ1) is 22.2. The molecular weight excluding hydrogens is 450 g/mol. The van der Waals surface area contributed by atoms with Gasteiger partial charge in [-0.25, -0.2) is 13.2 Å². The van der Waals surface area contributed by atoms with E-state index in [2.05, 4.69) is 5.32 Å². The van der Waals surface area contributed by atoms with Gasteiger partial charge in [-0.3, -0.25) is 4.79 Å². The summed E-state index contributed by atoms with van der Waals surface area (Å²) in [5, 5.41) is 13.2. The van der Waals surface area contributed by atoms with Crippen LogP contribution in [0.4, 0.5) is 0 Å². The fraction of sp³-hybridized carbons (Fsp3) is 0.565. The molecule has 0 saturated carbocycles. The summed E-state index contributed by atoms with van der Waals surface area (Å²) < 4.78 is 41.2. The number of hydrogen-bond donors (Lipinski definition) is 2. The molecule has 3 aliphatic rings. The number of sulfone groups is 1. The van der Waals surface area contributed by atoms with Gasteiger partial charge in [0.05, 0.1) is 29.0 Å². The maximum Gasteiger partial charge on any atom is 0.339 e. The van der Waals surface area contributed by atoms with Crippen LogP contribution in [0.1, 0.15) is 43.4 Å². The summed E-state index contributed by atoms with van der Waals surface area (Å²) in [5.74, 6) is -0.265. The molecule has 1 fully saturated rings. The number of amides is 1. The molecule has 33 heavy (non-hydrogen) atoms. The van der Waals surface area contributed by atoms with E-state index in [9.17, 15) is 23.1 Å². The predicted octanol–water partition coefficient (Wildman–Crippen LogP) is 1.04. The minimum Gasteiger partial charge on any atom is -0.487 e. The quantitative estimate of drug-likeness (QED) is 0.625. The fourth-order valence-corrected chi connectivity index (χ4v) is 6.77. The number of benzene rings is 1. The lowest BCUT2D eigenvalue weighted by Crippen LogP contribution is -2.44. The van der Waals surface area contributed by atoms with Gasteiger partial charge in [0.2, 0.25) is 0 Å². The van der Waals surface area contributed by atoms with Gasteiger partial charge in [0.25, 0.3) is 5.91 Å². The molecule has 1 aromatic carbocycles. The molecule has 2 N–H and O–H groups in total. The molecule has 1 aromatic heterocycles. The van der Waals surface area contributed by atoms with Crippen molar-refractivity contribution in [2.75, 3.05) is 18.1 Å². The molecule has 1 saturated heterocycles. The third kappa shape index (κ3) is 4.10. The van der Waals surface area contributed by atoms with Crippen LogP contribution in [0.3, 0.4) is 0 Å². The largest absolute Gasteiger partial charge is 0.487 e. The zero-order valence-electron chi connectivity index (χ0n) is 18.6. The summed E-state index contributed by atoms with van der Waals surface area (Å²) in [7, 11) is -3.38. The van der Waals surface area contributed by atoms with Gasteiger partial charge >= 0.3 is 5.63 Å². The van der Waals surface area contributed by atoms with Crippen LogP contribution in [0.15, 0.2) is 15.3 Å². The first-order valence-corrected chi connectivity index (χ1v) is 13.0. The van der Waals surface area contributed by atoms with Gasteiger partial charge in [-0.05, 0) is 51.5 Å². The highest BCUT2D eigenvalue weighted by atomic mass is 32.2. The van der Waals surface area contributed by atoms with Crippen LogP contribution in [0.5, 0.6) is 11.5 Å². The highest BCUT2D eigenvalue weighted by molar-refractivity contribution is 7.91. The van der Waals surface area contributed by atoms with Crippen LogP contribution in [0, 0.1) is 0 Å². The van der Waals surface area contributed by atoms with E-state index in [-0.39, 0.29) is 23.7 Å². The minimum atomic E-state index is -3.38. The number of rotatable bonds is 4. The molecule has 178 valence electrons. The van der Waals surface area contributed by atoms with Crippen molar-refractivity contribution in [3.63, 3.8) is 0 Å². The maximum atomic E-state index is 12.6. The third-order valence-electron chi connectivity index (χ3n) is 6.66. The van der Waals surface area contributed by atoms with E-state index in [0.29, 0.717) is 40.9 Å². The Morgan fingerprint density at radius 3 is 2.70 bits per heavy atom. The molecule has 2 atom stereocenters. The van der Waals surface area contributed by atoms with E-state index < -0.39 is 33.5 Å². The van der Waals surface area contributed by atoms with Crippen LogP contribution in [0.25, 0.3) is 11.0 Å². The van der Waals surface area contributed by atoms with Crippen LogP contribution >= 0.6 is 0 Å². The Bertz CT molecular complexity index is 1310. The van der Waals surface area contributed by atoms with Gasteiger partial charge in [0, 0.05) is 17.2 Å². The summed E-state index contributed by atoms with van der Waals surface area (Å²) in [6.07, 6.45) is 2.52. The number of hydrogen-bond acceptors (Lipinski definition) is 8. The van der Waals surface area contributed by atoms with Crippen molar-refractivity contribution in [1.82, 2.24) is 5.32 Å². The zero-order chi connectivity index (χ0) is 23.5. The first-order valence-electron chi connectivity index (χ1n) is 11.2. The molecule has 2 aromatic rings. The Kier molecular flexibility index (Phi) is 5.20. The monoisotopic (exact) mass is 477 g/mol. The number of carbonyl (C=O) groups excluding carboxylic acids is 1. The number of aliphatic hydroxyl groups excluding tert-OH is 1. The molecule has 3 heterocycles. The lowest BCUT2D eigenvalue weighted by molar-refractivity contribution is -0.124. The number of ether oxygens (including phenoxy) is 2. The lowest BCUT2D eigenvalue weighted by Gasteiger charge is -2.33. The minimum absolute atomic E-state index is 0.302. The number of fused-ring (bicyclic) bond motifs is 5. The van der Waals surface area contributed by atoms with Crippen molar-refractivity contribution in [2.24, 2.45) is 0 Å². The van der Waals surface area contributed by atoms with Gasteiger partial charge in [0.1, 0.15) is 22.7 Å². The molecule has 5 rings (SSSR count). The molecule has 0 bridgehead atoms. The predicted molar refractivity (Wildman–Crippen MR) is 120 cm³/mol. The van der Waals surface area contributed by atoms with Gasteiger partial charge in [0.15, 0.2) is 16.4 Å². The summed E-state index contributed by atoms with van der Waals surface area (Å²) in [5.41, 5.74) is 2.08. The van der Waals surface area contributed by atoms with E-state index in [4.69, 9.17) is 13.9 Å². The van der Waals surface area contributed by atoms with Gasteiger partial charge < -0.3 is 24.3 Å². The number of carbonyl (C=O) groups is 1. The van der Waals surface area contributed by atoms with E-state index in [0.717, 1.165) is 30.4 Å². The van der Waals surface area contributed by atoms with Crippen LogP contribution < -0.4 is 20.4 Å². The van der Waals surface area contributed by atoms with Gasteiger partial charge in [-0.2, -0.15) is 0 Å². The van der Waals surface area contributed by atoms with Crippen LogP contribution in [0.2, 0.25) is 0 Å². The highest BCUT2D eigenvalue weighted by Crippen LogP contribution is 2.44. The van der Waals surface area contributed by atoms with Crippen molar-refractivity contribution in [3.8, 4) is 11.5 Å². The van der Waals surface area contributed by atoms with E-state index in [1.807, 2.05) is 13.8 Å². The topological polar surface area (TPSA) is 132 Å². The summed E-state index contributed by atoms with van der Waals surface area (Å²) in [6.45, 7) is 3.58. The van der Waals surface area contributed by atoms with Crippen molar-refractivity contribution >= 4 is 26.7 Å². The average Bonchev–Trinajstić information content (AvgIpc) is 3.29. The molecule has 0 spiro atoms. The molecule has 9 nitrogen and oxygen atoms in total. The summed E-state index contributed by atoms with van der Waals surface area (Å²) in [4.78, 5) is 25.1. The Labute approximate surface area is 191 Å². The Balaban J connectivity index is 1.48. The highest BCUT2D eigenvalue weighted by Gasteiger charge is 2.37. The van der Waals surface area contributed by atoms with Gasteiger partial charge in [-0.1, -0.05) is 0 Å². The van der Waals surface area contributed by atoms with E-state index >= 15 is 0 Å². The standard InChI is InChI=1S/C23H27NO8S/c1-23(2)7-6-14-17(32-23)8-18(20-12-4-3-5-13(12)22(27)31-21(14)20)30-9-19(26)24-15-10-33(28,29)11-16(15)25/h8,15-16,25H,3-7,9-11H2,1-2H3,(H,24,26)/t15-,16+/m1/s1. The maximum absolute atomic E-state index is 12.6. The average molecular weight is 478 g/mol. The van der Waals surface area contributed by atoms with Crippen LogP contribution in [-0.2, 0) is 33.9 Å². The zero-order valence-corrected chi connectivity index (χ0v) is 19.4. The number of aliphatic hydroxyl groups is 1. The Morgan fingerprint density at radius 2 is 1.97 bits per heavy atom. The number of nitrogens with one attached hydrogen (secondary N) is 1. The smallest absolute Gasteiger partial charge is 0.339 e. The summed E-state index contributed by atoms with van der Waals surface area (Å²) in [6, 6.07) is 0.886. The second-order valence-corrected chi connectivity index (χ2v) is 11.9. The Morgan fingerprint density at radius 1 is 1.21 bits per heavy atom. The lowest BCUT2D eigenvalue weighted by atomic mass is 9.91. The summed E-state index contributed by atoms with van der Waals surface area (Å²) >= 11 is 0. The normalized spacial score (nSPS) is 24.7. The van der Waals surface area contributed by atoms with E-state index in [1.54, 1.807) is 6.07 Å². The molecule has 0 radical (unpaired) electrons. The first-order chi connectivity index (χ1) is 15.5. The molecule has 1 amide bonds. The van der Waals surface area contributed by atoms with E-state index in [1.165, 1.54) is 0 Å². The van der Waals surface area contributed by atoms with Crippen molar-refractivity contribution < 1.29 is 32.2 Å². The molecule has 0 unspecified atom stereocenters. The second kappa shape index (κ2) is 7.73. The SMILES string of the molecule is CC1(C)CCc2c(cc(OCC(=O)N[C@@H]3CS(=O)(=O)C[C@@H]3O)c3c4c(c(=O)oc23)CCC4)O1. The fourth-order valence-electron chi connectivity index (χ4n) is 5.03. The third-order valence-corrected chi connectivity index (χ3v) is 8.38. The van der Waals surface area contributed by atoms with Crippen LogP contribution in [-0.4, -0.2) is 55.3 Å². The molecular formula is C23H27NO8S. The van der Waals surface area contributed by atoms with Crippen molar-refractivity contribution in [3.05, 3.63) is 33.2 Å². The van der Waals surface area contributed by atoms with Gasteiger partial charge in [-0.15, -0.1) is 0 Å². The number of aryl methyl sites for hydroxylation is 2. The molecule has 2 aliphatic heterocycles. The van der Waals surface area contributed by atoms with Crippen molar-refractivity contribution in [2.45, 2.75) is 63.7 Å². The molecule has 10 heteroatoms. The van der Waals surface area contributed by atoms with Crippen molar-refractivity contribution in [1.29, 1.82) is 0 Å². The second-order valence-electron chi connectivity index (χ2n) is 9.72.